The van der Waals surface area contributed by atoms with E-state index in [4.69, 9.17) is 0 Å². The summed E-state index contributed by atoms with van der Waals surface area (Å²) in [5.74, 6) is -0.245. The Labute approximate surface area is 150 Å². The average Bonchev–Trinajstić information content (AvgIpc) is 3.09. The van der Waals surface area contributed by atoms with E-state index in [-0.39, 0.29) is 17.6 Å². The van der Waals surface area contributed by atoms with Crippen LogP contribution in [0.2, 0.25) is 0 Å². The van der Waals surface area contributed by atoms with Gasteiger partial charge in [0.15, 0.2) is 0 Å². The van der Waals surface area contributed by atoms with Gasteiger partial charge in [0.05, 0.1) is 0 Å². The normalized spacial score (nSPS) is 15.0. The Balaban J connectivity index is 1.60. The summed E-state index contributed by atoms with van der Waals surface area (Å²) in [5, 5.41) is 0. The minimum absolute atomic E-state index is 0.0417. The number of nitrogens with zero attached hydrogens (tertiary/aromatic N) is 2. The molecule has 6 heteroatoms. The molecule has 2 heterocycles. The highest BCUT2D eigenvalue weighted by molar-refractivity contribution is 7.16. The second-order valence-corrected chi connectivity index (χ2v) is 6.99. The number of carbonyl (C=O) groups excluding carboxylic acids is 2. The van der Waals surface area contributed by atoms with E-state index in [1.165, 1.54) is 12.1 Å². The van der Waals surface area contributed by atoms with Crippen molar-refractivity contribution in [2.45, 2.75) is 6.92 Å². The van der Waals surface area contributed by atoms with Crippen LogP contribution in [0.1, 0.15) is 11.8 Å². The van der Waals surface area contributed by atoms with Gasteiger partial charge >= 0.3 is 0 Å². The summed E-state index contributed by atoms with van der Waals surface area (Å²) in [6, 6.07) is 10.3. The van der Waals surface area contributed by atoms with Crippen LogP contribution >= 0.6 is 11.3 Å². The molecule has 1 fully saturated rings. The predicted molar refractivity (Wildman–Crippen MR) is 97.6 cm³/mol. The van der Waals surface area contributed by atoms with E-state index in [0.29, 0.717) is 26.2 Å². The maximum Gasteiger partial charge on any atom is 0.246 e. The summed E-state index contributed by atoms with van der Waals surface area (Å²) in [5.41, 5.74) is 0.956. The molecule has 0 radical (unpaired) electrons. The first-order valence-corrected chi connectivity index (χ1v) is 8.93. The molecule has 0 N–H and O–H groups in total. The predicted octanol–water partition coefficient (Wildman–Crippen LogP) is 3.26. The van der Waals surface area contributed by atoms with Crippen molar-refractivity contribution < 1.29 is 14.0 Å². The van der Waals surface area contributed by atoms with E-state index in [1.54, 1.807) is 52.3 Å². The number of benzene rings is 1. The highest BCUT2D eigenvalue weighted by Crippen LogP contribution is 2.29. The number of hydrogen-bond donors (Lipinski definition) is 0. The van der Waals surface area contributed by atoms with Gasteiger partial charge in [-0.05, 0) is 35.9 Å². The summed E-state index contributed by atoms with van der Waals surface area (Å²) in [6.45, 7) is 3.85. The molecule has 2 amide bonds. The molecule has 3 rings (SSSR count). The monoisotopic (exact) mass is 358 g/mol. The van der Waals surface area contributed by atoms with E-state index in [2.05, 4.69) is 0 Å². The lowest BCUT2D eigenvalue weighted by Crippen LogP contribution is -2.49. The largest absolute Gasteiger partial charge is 0.339 e. The Morgan fingerprint density at radius 1 is 1.00 bits per heavy atom. The van der Waals surface area contributed by atoms with Crippen LogP contribution in [0.15, 0.2) is 42.5 Å². The Bertz CT molecular complexity index is 790. The lowest BCUT2D eigenvalue weighted by molar-refractivity contribution is -0.135. The fourth-order valence-electron chi connectivity index (χ4n) is 2.71. The van der Waals surface area contributed by atoms with Gasteiger partial charge in [0.2, 0.25) is 11.8 Å². The molecule has 0 saturated carbocycles. The van der Waals surface area contributed by atoms with Crippen LogP contribution in [0.25, 0.3) is 16.5 Å². The average molecular weight is 358 g/mol. The van der Waals surface area contributed by atoms with Crippen molar-refractivity contribution in [2.75, 3.05) is 26.2 Å². The lowest BCUT2D eigenvalue weighted by atomic mass is 10.2. The Kier molecular flexibility index (Phi) is 5.28. The van der Waals surface area contributed by atoms with Crippen LogP contribution in [-0.2, 0) is 9.59 Å². The summed E-state index contributed by atoms with van der Waals surface area (Å²) < 4.78 is 13.0. The van der Waals surface area contributed by atoms with Crippen molar-refractivity contribution in [3.8, 4) is 10.4 Å². The number of thiophene rings is 1. The van der Waals surface area contributed by atoms with Crippen molar-refractivity contribution >= 4 is 29.2 Å². The first kappa shape index (κ1) is 17.4. The van der Waals surface area contributed by atoms with Gasteiger partial charge in [-0.25, -0.2) is 4.39 Å². The molecule has 25 heavy (non-hydrogen) atoms. The van der Waals surface area contributed by atoms with Gasteiger partial charge in [-0.2, -0.15) is 0 Å². The lowest BCUT2D eigenvalue weighted by Gasteiger charge is -2.33. The Morgan fingerprint density at radius 2 is 1.64 bits per heavy atom. The van der Waals surface area contributed by atoms with E-state index in [1.807, 2.05) is 12.1 Å². The molecule has 4 nitrogen and oxygen atoms in total. The van der Waals surface area contributed by atoms with Crippen molar-refractivity contribution in [1.82, 2.24) is 9.80 Å². The van der Waals surface area contributed by atoms with Gasteiger partial charge in [0.1, 0.15) is 5.82 Å². The zero-order valence-electron chi connectivity index (χ0n) is 13.9. The van der Waals surface area contributed by atoms with E-state index in [0.717, 1.165) is 15.3 Å². The molecular weight excluding hydrogens is 339 g/mol. The first-order chi connectivity index (χ1) is 12.0. The van der Waals surface area contributed by atoms with Gasteiger partial charge in [-0.3, -0.25) is 9.59 Å². The fourth-order valence-corrected chi connectivity index (χ4v) is 3.63. The van der Waals surface area contributed by atoms with E-state index >= 15 is 0 Å². The molecule has 1 aromatic carbocycles. The summed E-state index contributed by atoms with van der Waals surface area (Å²) in [7, 11) is 0. The molecule has 0 atom stereocenters. The number of halogens is 1. The third-order valence-electron chi connectivity index (χ3n) is 4.18. The van der Waals surface area contributed by atoms with Crippen LogP contribution in [-0.4, -0.2) is 47.8 Å². The zero-order valence-corrected chi connectivity index (χ0v) is 14.8. The van der Waals surface area contributed by atoms with Crippen LogP contribution < -0.4 is 0 Å². The van der Waals surface area contributed by atoms with Crippen LogP contribution in [0.5, 0.6) is 0 Å². The molecule has 1 aliphatic heterocycles. The molecule has 130 valence electrons. The Morgan fingerprint density at radius 3 is 2.28 bits per heavy atom. The van der Waals surface area contributed by atoms with Crippen LogP contribution in [0.3, 0.4) is 0 Å². The molecule has 2 aromatic rings. The molecule has 1 aliphatic rings. The summed E-state index contributed by atoms with van der Waals surface area (Å²) in [4.78, 5) is 29.1. The number of carbonyl (C=O) groups is 2. The minimum Gasteiger partial charge on any atom is -0.339 e. The maximum absolute atomic E-state index is 13.0. The molecular formula is C19H19FN2O2S. The number of piperazine rings is 1. The SMILES string of the molecule is CC(=O)N1CCN(C(=O)/C=C/c2ccc(-c3ccc(F)cc3)s2)CC1. The quantitative estimate of drug-likeness (QED) is 0.790. The van der Waals surface area contributed by atoms with Gasteiger partial charge in [0.25, 0.3) is 0 Å². The highest BCUT2D eigenvalue weighted by atomic mass is 32.1. The standard InChI is InChI=1S/C19H19FN2O2S/c1-14(23)21-10-12-22(13-11-21)19(24)9-7-17-6-8-18(25-17)15-2-4-16(20)5-3-15/h2-9H,10-13H2,1H3/b9-7+. The number of amides is 2. The van der Waals surface area contributed by atoms with E-state index < -0.39 is 0 Å². The van der Waals surface area contributed by atoms with Gasteiger partial charge in [-0.15, -0.1) is 11.3 Å². The summed E-state index contributed by atoms with van der Waals surface area (Å²) >= 11 is 1.55. The zero-order chi connectivity index (χ0) is 17.8. The van der Waals surface area contributed by atoms with Crippen LogP contribution in [0.4, 0.5) is 4.39 Å². The summed E-state index contributed by atoms with van der Waals surface area (Å²) in [6.07, 6.45) is 3.38. The maximum atomic E-state index is 13.0. The number of hydrogen-bond acceptors (Lipinski definition) is 3. The smallest absolute Gasteiger partial charge is 0.246 e. The molecule has 0 aliphatic carbocycles. The molecule has 0 bridgehead atoms. The fraction of sp³-hybridized carbons (Fsp3) is 0.263. The number of rotatable bonds is 3. The molecule has 0 spiro atoms. The van der Waals surface area contributed by atoms with Crippen molar-refractivity contribution in [1.29, 1.82) is 0 Å². The van der Waals surface area contributed by atoms with Crippen molar-refractivity contribution in [3.05, 3.63) is 53.2 Å². The third kappa shape index (κ3) is 4.33. The molecule has 1 aromatic heterocycles. The second kappa shape index (κ2) is 7.61. The van der Waals surface area contributed by atoms with Crippen molar-refractivity contribution in [2.24, 2.45) is 0 Å². The minimum atomic E-state index is -0.254. The van der Waals surface area contributed by atoms with Crippen molar-refractivity contribution in [3.63, 3.8) is 0 Å². The van der Waals surface area contributed by atoms with Gasteiger partial charge in [0, 0.05) is 48.9 Å². The highest BCUT2D eigenvalue weighted by Gasteiger charge is 2.20. The van der Waals surface area contributed by atoms with Gasteiger partial charge < -0.3 is 9.80 Å². The van der Waals surface area contributed by atoms with E-state index in [9.17, 15) is 14.0 Å². The Hall–Kier alpha value is -2.47. The first-order valence-electron chi connectivity index (χ1n) is 8.11. The third-order valence-corrected chi connectivity index (χ3v) is 5.28. The molecule has 1 saturated heterocycles. The molecule has 0 unspecified atom stereocenters. The second-order valence-electron chi connectivity index (χ2n) is 5.87. The van der Waals surface area contributed by atoms with Gasteiger partial charge in [-0.1, -0.05) is 12.1 Å². The van der Waals surface area contributed by atoms with Crippen LogP contribution in [0, 0.1) is 5.82 Å². The topological polar surface area (TPSA) is 40.6 Å².